The Kier molecular flexibility index (Phi) is 6.52. The van der Waals surface area contributed by atoms with Crippen LogP contribution in [0, 0.1) is 0 Å². The third-order valence-electron chi connectivity index (χ3n) is 4.37. The molecule has 2 aromatic carbocycles. The first-order chi connectivity index (χ1) is 13.0. The minimum absolute atomic E-state index is 0.333. The Morgan fingerprint density at radius 2 is 1.96 bits per heavy atom. The van der Waals surface area contributed by atoms with Crippen LogP contribution in [0.15, 0.2) is 53.0 Å². The van der Waals surface area contributed by atoms with Gasteiger partial charge in [-0.3, -0.25) is 0 Å². The van der Waals surface area contributed by atoms with Crippen molar-refractivity contribution in [1.82, 2.24) is 0 Å². The zero-order valence-electron chi connectivity index (χ0n) is 15.4. The molecule has 2 aromatic rings. The van der Waals surface area contributed by atoms with Crippen molar-refractivity contribution in [3.05, 3.63) is 64.1 Å². The Balaban J connectivity index is 1.63. The molecule has 1 aliphatic heterocycles. The SMILES string of the molecule is CCOC(=O)C(C)OC1(c2ccc(OCc3cccc(Br)c3)cc2)COC1. The molecule has 27 heavy (non-hydrogen) atoms. The first-order valence-electron chi connectivity index (χ1n) is 8.92. The highest BCUT2D eigenvalue weighted by Crippen LogP contribution is 2.36. The normalized spacial score (nSPS) is 16.3. The van der Waals surface area contributed by atoms with Crippen molar-refractivity contribution in [1.29, 1.82) is 0 Å². The van der Waals surface area contributed by atoms with Crippen molar-refractivity contribution in [3.63, 3.8) is 0 Å². The van der Waals surface area contributed by atoms with Gasteiger partial charge in [-0.25, -0.2) is 4.79 Å². The number of hydrogen-bond donors (Lipinski definition) is 0. The van der Waals surface area contributed by atoms with Crippen molar-refractivity contribution in [3.8, 4) is 5.75 Å². The number of halogens is 1. The van der Waals surface area contributed by atoms with E-state index in [4.69, 9.17) is 18.9 Å². The van der Waals surface area contributed by atoms with Gasteiger partial charge in [0.1, 0.15) is 18.0 Å². The number of carbonyl (C=O) groups is 1. The molecule has 6 heteroatoms. The molecule has 1 unspecified atom stereocenters. The third kappa shape index (κ3) is 4.89. The molecule has 1 aliphatic rings. The van der Waals surface area contributed by atoms with Crippen LogP contribution in [0.1, 0.15) is 25.0 Å². The Bertz CT molecular complexity index is 770. The maximum atomic E-state index is 11.9. The summed E-state index contributed by atoms with van der Waals surface area (Å²) in [6, 6.07) is 15.7. The van der Waals surface area contributed by atoms with Crippen molar-refractivity contribution >= 4 is 21.9 Å². The number of carbonyl (C=O) groups excluding carboxylic acids is 1. The maximum Gasteiger partial charge on any atom is 0.334 e. The van der Waals surface area contributed by atoms with Crippen LogP contribution in [0.5, 0.6) is 5.75 Å². The molecule has 0 saturated carbocycles. The summed E-state index contributed by atoms with van der Waals surface area (Å²) in [5.41, 5.74) is 1.43. The molecule has 0 radical (unpaired) electrons. The lowest BCUT2D eigenvalue weighted by Gasteiger charge is -2.42. The predicted octanol–water partition coefficient (Wildman–Crippen LogP) is 4.22. The Morgan fingerprint density at radius 1 is 1.22 bits per heavy atom. The monoisotopic (exact) mass is 434 g/mol. The molecule has 144 valence electrons. The molecule has 5 nitrogen and oxygen atoms in total. The van der Waals surface area contributed by atoms with Gasteiger partial charge in [0.2, 0.25) is 0 Å². The van der Waals surface area contributed by atoms with Crippen LogP contribution in [-0.4, -0.2) is 31.9 Å². The van der Waals surface area contributed by atoms with E-state index in [2.05, 4.69) is 15.9 Å². The van der Waals surface area contributed by atoms with E-state index < -0.39 is 11.7 Å². The summed E-state index contributed by atoms with van der Waals surface area (Å²) >= 11 is 3.46. The van der Waals surface area contributed by atoms with E-state index >= 15 is 0 Å². The summed E-state index contributed by atoms with van der Waals surface area (Å²) in [5, 5.41) is 0. The summed E-state index contributed by atoms with van der Waals surface area (Å²) in [6.45, 7) is 5.13. The molecule has 0 spiro atoms. The van der Waals surface area contributed by atoms with E-state index in [1.165, 1.54) is 0 Å². The van der Waals surface area contributed by atoms with Gasteiger partial charge in [-0.2, -0.15) is 0 Å². The van der Waals surface area contributed by atoms with Gasteiger partial charge in [-0.1, -0.05) is 40.2 Å². The minimum atomic E-state index is -0.652. The molecule has 1 heterocycles. The van der Waals surface area contributed by atoms with E-state index in [0.29, 0.717) is 26.4 Å². The molecule has 1 saturated heterocycles. The van der Waals surface area contributed by atoms with Gasteiger partial charge in [0.15, 0.2) is 6.10 Å². The predicted molar refractivity (Wildman–Crippen MR) is 105 cm³/mol. The number of ether oxygens (including phenoxy) is 4. The van der Waals surface area contributed by atoms with Crippen molar-refractivity contribution in [2.45, 2.75) is 32.2 Å². The van der Waals surface area contributed by atoms with Gasteiger partial charge in [0.05, 0.1) is 19.8 Å². The minimum Gasteiger partial charge on any atom is -0.489 e. The zero-order valence-corrected chi connectivity index (χ0v) is 17.0. The van der Waals surface area contributed by atoms with Crippen LogP contribution >= 0.6 is 15.9 Å². The second-order valence-corrected chi connectivity index (χ2v) is 7.36. The fraction of sp³-hybridized carbons (Fsp3) is 0.381. The standard InChI is InChI=1S/C21H23BrO5/c1-3-25-20(23)15(2)27-21(13-24-14-21)17-7-9-19(10-8-17)26-12-16-5-4-6-18(22)11-16/h4-11,15H,3,12-14H2,1-2H3. The molecule has 1 atom stereocenters. The Labute approximate surface area is 167 Å². The number of benzene rings is 2. The number of esters is 1. The van der Waals surface area contributed by atoms with Crippen LogP contribution in [0.3, 0.4) is 0 Å². The quantitative estimate of drug-likeness (QED) is 0.582. The highest BCUT2D eigenvalue weighted by atomic mass is 79.9. The number of hydrogen-bond acceptors (Lipinski definition) is 5. The van der Waals surface area contributed by atoms with E-state index in [0.717, 1.165) is 21.3 Å². The third-order valence-corrected chi connectivity index (χ3v) is 4.86. The van der Waals surface area contributed by atoms with Crippen LogP contribution in [0.25, 0.3) is 0 Å². The van der Waals surface area contributed by atoms with Gasteiger partial charge in [0, 0.05) is 4.47 Å². The van der Waals surface area contributed by atoms with Gasteiger partial charge in [-0.15, -0.1) is 0 Å². The summed E-state index contributed by atoms with van der Waals surface area (Å²) in [4.78, 5) is 11.9. The lowest BCUT2D eigenvalue weighted by molar-refractivity contribution is -0.239. The van der Waals surface area contributed by atoms with E-state index in [-0.39, 0.29) is 5.97 Å². The van der Waals surface area contributed by atoms with Gasteiger partial charge >= 0.3 is 5.97 Å². The topological polar surface area (TPSA) is 54.0 Å². The molecular formula is C21H23BrO5. The molecule has 0 bridgehead atoms. The van der Waals surface area contributed by atoms with Crippen molar-refractivity contribution < 1.29 is 23.7 Å². The van der Waals surface area contributed by atoms with Crippen LogP contribution in [0.4, 0.5) is 0 Å². The summed E-state index contributed by atoms with van der Waals surface area (Å²) in [7, 11) is 0. The largest absolute Gasteiger partial charge is 0.489 e. The van der Waals surface area contributed by atoms with Gasteiger partial charge in [0.25, 0.3) is 0 Å². The molecule has 0 aromatic heterocycles. The lowest BCUT2D eigenvalue weighted by Crippen LogP contribution is -2.51. The summed E-state index contributed by atoms with van der Waals surface area (Å²) < 4.78 is 23.3. The molecule has 0 amide bonds. The van der Waals surface area contributed by atoms with Crippen LogP contribution in [-0.2, 0) is 31.2 Å². The summed E-state index contributed by atoms with van der Waals surface area (Å²) in [6.07, 6.45) is -0.652. The van der Waals surface area contributed by atoms with E-state index in [9.17, 15) is 4.79 Å². The smallest absolute Gasteiger partial charge is 0.334 e. The fourth-order valence-electron chi connectivity index (χ4n) is 2.88. The molecule has 0 aliphatic carbocycles. The van der Waals surface area contributed by atoms with E-state index in [1.807, 2.05) is 48.5 Å². The Morgan fingerprint density at radius 3 is 2.56 bits per heavy atom. The maximum absolute atomic E-state index is 11.9. The van der Waals surface area contributed by atoms with Crippen LogP contribution in [0.2, 0.25) is 0 Å². The van der Waals surface area contributed by atoms with E-state index in [1.54, 1.807) is 13.8 Å². The second-order valence-electron chi connectivity index (χ2n) is 6.44. The average molecular weight is 435 g/mol. The molecule has 0 N–H and O–H groups in total. The van der Waals surface area contributed by atoms with Crippen molar-refractivity contribution in [2.75, 3.05) is 19.8 Å². The molecular weight excluding hydrogens is 412 g/mol. The zero-order chi connectivity index (χ0) is 19.3. The molecule has 3 rings (SSSR count). The van der Waals surface area contributed by atoms with Gasteiger partial charge < -0.3 is 18.9 Å². The first kappa shape index (κ1) is 19.9. The summed E-state index contributed by atoms with van der Waals surface area (Å²) in [5.74, 6) is 0.408. The number of rotatable bonds is 8. The molecule has 1 fully saturated rings. The highest BCUT2D eigenvalue weighted by Gasteiger charge is 2.44. The second kappa shape index (κ2) is 8.87. The lowest BCUT2D eigenvalue weighted by atomic mass is 9.91. The first-order valence-corrected chi connectivity index (χ1v) is 9.72. The average Bonchev–Trinajstić information content (AvgIpc) is 2.63. The Hall–Kier alpha value is -1.89. The van der Waals surface area contributed by atoms with Gasteiger partial charge in [-0.05, 0) is 49.2 Å². The highest BCUT2D eigenvalue weighted by molar-refractivity contribution is 9.10. The van der Waals surface area contributed by atoms with Crippen molar-refractivity contribution in [2.24, 2.45) is 0 Å². The fourth-order valence-corrected chi connectivity index (χ4v) is 3.33. The van der Waals surface area contributed by atoms with Crippen LogP contribution < -0.4 is 4.74 Å².